The van der Waals surface area contributed by atoms with E-state index in [2.05, 4.69) is 41.5 Å². The summed E-state index contributed by atoms with van der Waals surface area (Å²) in [5.74, 6) is -9.03. The standard InChI is InChI=1S/C49H60F3N11O11/c1-60-37-26-55-48(59-42(37)62(30-6-3-4-7-30)28-49(51,52)47(60)70)57-35-25-33(50)32(24-38(35)71-2)43(66)56-29-12-15-61(16-13-29)17-19-73-21-23-74-22-20-72-18-14-53-40(65)27-54-34-9-5-8-31-41(34)46(69)63(45(31)68)36-10-11-39(64)58-44(36)67/h5,8-9,24-26,29-30,36,54H,3-4,6-7,10-23,27-28H2,1-2H3,(H,53,65)(H,56,66)(H,55,57,59)(H,58,64,67). The number of hydrogen-bond donors (Lipinski definition) is 5. The van der Waals surface area contributed by atoms with Crippen molar-refractivity contribution in [1.82, 2.24) is 35.7 Å². The van der Waals surface area contributed by atoms with Crippen molar-refractivity contribution in [1.29, 1.82) is 0 Å². The summed E-state index contributed by atoms with van der Waals surface area (Å²) in [7, 11) is 2.62. The number of halogens is 3. The number of imide groups is 2. The van der Waals surface area contributed by atoms with Gasteiger partial charge in [0.05, 0.1) is 88.4 Å². The maximum atomic E-state index is 15.6. The van der Waals surface area contributed by atoms with E-state index >= 15 is 13.2 Å². The SMILES string of the molecule is COc1cc(C(=O)NC2CCN(CCOCCOCCOCCNC(=O)CNc3cccc4c3C(=O)N(C3CCC(=O)NC3=O)C4=O)CC2)c(F)cc1Nc1ncc2c(n1)N(C1CCCC1)CC(F)(F)C(=O)N2C. The van der Waals surface area contributed by atoms with Gasteiger partial charge in [0.2, 0.25) is 23.7 Å². The largest absolute Gasteiger partial charge is 0.495 e. The Kier molecular flexibility index (Phi) is 17.2. The van der Waals surface area contributed by atoms with Crippen molar-refractivity contribution in [2.75, 3.05) is 114 Å². The number of piperidine rings is 2. The zero-order chi connectivity index (χ0) is 52.5. The number of ether oxygens (including phenoxy) is 4. The maximum absolute atomic E-state index is 15.6. The number of carbonyl (C=O) groups excluding carboxylic acids is 7. The Balaban J connectivity index is 0.677. The van der Waals surface area contributed by atoms with Crippen LogP contribution in [0.3, 0.4) is 0 Å². The van der Waals surface area contributed by atoms with Crippen LogP contribution < -0.4 is 41.1 Å². The molecule has 398 valence electrons. The molecule has 74 heavy (non-hydrogen) atoms. The van der Waals surface area contributed by atoms with Crippen molar-refractivity contribution in [3.63, 3.8) is 0 Å². The predicted octanol–water partition coefficient (Wildman–Crippen LogP) is 2.60. The first-order chi connectivity index (χ1) is 35.6. The lowest BCUT2D eigenvalue weighted by atomic mass is 10.0. The van der Waals surface area contributed by atoms with Gasteiger partial charge in [-0.1, -0.05) is 18.9 Å². The molecule has 2 saturated heterocycles. The molecule has 0 radical (unpaired) electrons. The van der Waals surface area contributed by atoms with E-state index in [1.807, 2.05) is 0 Å². The molecule has 3 fully saturated rings. The van der Waals surface area contributed by atoms with Gasteiger partial charge in [0.1, 0.15) is 23.3 Å². The van der Waals surface area contributed by atoms with Crippen molar-refractivity contribution in [3.05, 3.63) is 59.0 Å². The summed E-state index contributed by atoms with van der Waals surface area (Å²) in [6.45, 7) is 3.30. The molecule has 1 aliphatic carbocycles. The summed E-state index contributed by atoms with van der Waals surface area (Å²) in [4.78, 5) is 103. The molecule has 5 aliphatic rings. The molecule has 1 saturated carbocycles. The summed E-state index contributed by atoms with van der Waals surface area (Å²) in [5.41, 5.74) is 0.452. The van der Waals surface area contributed by atoms with Crippen LogP contribution >= 0.6 is 0 Å². The molecular weight excluding hydrogens is 976 g/mol. The van der Waals surface area contributed by atoms with Crippen LogP contribution in [0, 0.1) is 5.82 Å². The third-order valence-electron chi connectivity index (χ3n) is 13.6. The third-order valence-corrected chi connectivity index (χ3v) is 13.6. The Morgan fingerprint density at radius 1 is 0.892 bits per heavy atom. The number of likely N-dealkylation sites (tertiary alicyclic amines) is 1. The molecule has 5 heterocycles. The first kappa shape index (κ1) is 53.3. The Labute approximate surface area is 424 Å². The smallest absolute Gasteiger partial charge is 0.342 e. The number of nitrogens with zero attached hydrogens (tertiary/aromatic N) is 6. The van der Waals surface area contributed by atoms with Gasteiger partial charge < -0.3 is 54.9 Å². The fourth-order valence-electron chi connectivity index (χ4n) is 9.68. The van der Waals surface area contributed by atoms with Gasteiger partial charge in [0.25, 0.3) is 23.6 Å². The van der Waals surface area contributed by atoms with Gasteiger partial charge in [-0.3, -0.25) is 43.8 Å². The zero-order valence-corrected chi connectivity index (χ0v) is 41.1. The average Bonchev–Trinajstić information content (AvgIpc) is 4.01. The van der Waals surface area contributed by atoms with E-state index in [4.69, 9.17) is 18.9 Å². The highest BCUT2D eigenvalue weighted by Crippen LogP contribution is 2.40. The zero-order valence-electron chi connectivity index (χ0n) is 41.1. The van der Waals surface area contributed by atoms with Gasteiger partial charge in [-0.05, 0) is 50.3 Å². The van der Waals surface area contributed by atoms with Crippen molar-refractivity contribution < 1.29 is 65.7 Å². The van der Waals surface area contributed by atoms with Crippen LogP contribution in [0.15, 0.2) is 36.5 Å². The number of alkyl halides is 2. The van der Waals surface area contributed by atoms with Crippen molar-refractivity contribution in [2.24, 2.45) is 0 Å². The fraction of sp³-hybridized carbons (Fsp3) is 0.531. The Bertz CT molecular complexity index is 2610. The number of fused-ring (bicyclic) bond motifs is 2. The second-order valence-corrected chi connectivity index (χ2v) is 18.5. The summed E-state index contributed by atoms with van der Waals surface area (Å²) in [5, 5.41) is 13.6. The van der Waals surface area contributed by atoms with Crippen LogP contribution in [0.1, 0.15) is 82.4 Å². The van der Waals surface area contributed by atoms with E-state index in [-0.39, 0.29) is 102 Å². The molecule has 1 aromatic heterocycles. The van der Waals surface area contributed by atoms with Gasteiger partial charge in [-0.25, -0.2) is 9.37 Å². The van der Waals surface area contributed by atoms with Crippen LogP contribution in [0.5, 0.6) is 5.75 Å². The molecule has 0 bridgehead atoms. The number of carbonyl (C=O) groups is 7. The highest BCUT2D eigenvalue weighted by atomic mass is 19.3. The van der Waals surface area contributed by atoms with E-state index in [9.17, 15) is 33.6 Å². The average molecular weight is 1040 g/mol. The highest BCUT2D eigenvalue weighted by Gasteiger charge is 2.49. The van der Waals surface area contributed by atoms with E-state index in [0.717, 1.165) is 28.7 Å². The van der Waals surface area contributed by atoms with Gasteiger partial charge in [-0.2, -0.15) is 13.8 Å². The number of anilines is 5. The number of benzene rings is 2. The van der Waals surface area contributed by atoms with Gasteiger partial charge >= 0.3 is 5.92 Å². The second kappa shape index (κ2) is 23.9. The Morgan fingerprint density at radius 3 is 2.32 bits per heavy atom. The molecule has 5 N–H and O–H groups in total. The fourth-order valence-corrected chi connectivity index (χ4v) is 9.68. The van der Waals surface area contributed by atoms with Gasteiger partial charge in [-0.15, -0.1) is 0 Å². The van der Waals surface area contributed by atoms with Crippen molar-refractivity contribution in [2.45, 2.75) is 75.4 Å². The predicted molar refractivity (Wildman–Crippen MR) is 260 cm³/mol. The Morgan fingerprint density at radius 2 is 1.61 bits per heavy atom. The maximum Gasteiger partial charge on any atom is 0.342 e. The summed E-state index contributed by atoms with van der Waals surface area (Å²) in [6.07, 6.45) is 5.68. The monoisotopic (exact) mass is 1040 g/mol. The molecule has 4 aliphatic heterocycles. The number of methoxy groups -OCH3 is 1. The van der Waals surface area contributed by atoms with Crippen LogP contribution in [0.2, 0.25) is 0 Å². The van der Waals surface area contributed by atoms with Crippen LogP contribution in [-0.4, -0.2) is 178 Å². The minimum absolute atomic E-state index is 0.00607. The number of hydrogen-bond acceptors (Lipinski definition) is 17. The summed E-state index contributed by atoms with van der Waals surface area (Å²) < 4.78 is 68.1. The number of rotatable bonds is 22. The molecule has 1 atom stereocenters. The van der Waals surface area contributed by atoms with Crippen LogP contribution in [0.4, 0.5) is 42.0 Å². The van der Waals surface area contributed by atoms with E-state index in [1.165, 1.54) is 37.4 Å². The molecule has 7 amide bonds. The molecule has 0 spiro atoms. The first-order valence-electron chi connectivity index (χ1n) is 24.7. The van der Waals surface area contributed by atoms with E-state index in [0.29, 0.717) is 78.4 Å². The van der Waals surface area contributed by atoms with E-state index < -0.39 is 59.8 Å². The minimum Gasteiger partial charge on any atom is -0.495 e. The molecular formula is C49H60F3N11O11. The molecule has 25 heteroatoms. The van der Waals surface area contributed by atoms with Gasteiger partial charge in [0, 0.05) is 63.5 Å². The van der Waals surface area contributed by atoms with E-state index in [1.54, 1.807) is 12.1 Å². The molecule has 2 aromatic carbocycles. The molecule has 3 aromatic rings. The number of nitrogens with one attached hydrogen (secondary N) is 5. The molecule has 1 unspecified atom stereocenters. The number of amides is 7. The highest BCUT2D eigenvalue weighted by molar-refractivity contribution is 6.25. The molecule has 8 rings (SSSR count). The quantitative estimate of drug-likeness (QED) is 0.0716. The summed E-state index contributed by atoms with van der Waals surface area (Å²) in [6, 6.07) is 5.44. The normalized spacial score (nSPS) is 19.3. The first-order valence-corrected chi connectivity index (χ1v) is 24.7. The molecule has 22 nitrogen and oxygen atoms in total. The second-order valence-electron chi connectivity index (χ2n) is 18.5. The Hall–Kier alpha value is -6.96. The van der Waals surface area contributed by atoms with Crippen LogP contribution in [-0.2, 0) is 33.4 Å². The number of aromatic nitrogens is 2. The topological polar surface area (TPSA) is 255 Å². The van der Waals surface area contributed by atoms with Crippen molar-refractivity contribution >= 4 is 70.2 Å². The lowest BCUT2D eigenvalue weighted by Crippen LogP contribution is -2.54. The van der Waals surface area contributed by atoms with Crippen molar-refractivity contribution in [3.8, 4) is 5.75 Å². The van der Waals surface area contributed by atoms with Crippen LogP contribution in [0.25, 0.3) is 0 Å². The minimum atomic E-state index is -3.64. The lowest BCUT2D eigenvalue weighted by molar-refractivity contribution is -0.140. The van der Waals surface area contributed by atoms with Gasteiger partial charge in [0.15, 0.2) is 5.82 Å². The summed E-state index contributed by atoms with van der Waals surface area (Å²) >= 11 is 0. The third kappa shape index (κ3) is 12.3. The lowest BCUT2D eigenvalue weighted by Gasteiger charge is -2.32.